The van der Waals surface area contributed by atoms with Crippen LogP contribution in [0, 0.1) is 12.8 Å². The lowest BCUT2D eigenvalue weighted by Gasteiger charge is -2.40. The van der Waals surface area contributed by atoms with E-state index in [4.69, 9.17) is 4.74 Å². The molecule has 5 heterocycles. The Morgan fingerprint density at radius 3 is 2.88 bits per heavy atom. The van der Waals surface area contributed by atoms with Crippen LogP contribution in [0.4, 0.5) is 4.79 Å². The van der Waals surface area contributed by atoms with Gasteiger partial charge in [0, 0.05) is 51.0 Å². The molecule has 0 aliphatic carbocycles. The second kappa shape index (κ2) is 6.72. The van der Waals surface area contributed by atoms with Crippen LogP contribution in [0.25, 0.3) is 0 Å². The van der Waals surface area contributed by atoms with Crippen LogP contribution >= 0.6 is 0 Å². The molecule has 1 N–H and O–H groups in total. The molecule has 2 bridgehead atoms. The smallest absolute Gasteiger partial charge is 0.320 e. The lowest BCUT2D eigenvalue weighted by Crippen LogP contribution is -2.54. The number of aryl methyl sites for hydroxylation is 1. The summed E-state index contributed by atoms with van der Waals surface area (Å²) >= 11 is 0. The topological polar surface area (TPSA) is 64.7 Å². The lowest BCUT2D eigenvalue weighted by molar-refractivity contribution is 0.0341. The number of aromatic nitrogens is 2. The van der Waals surface area contributed by atoms with Crippen LogP contribution in [0.5, 0.6) is 0 Å². The first-order valence-electron chi connectivity index (χ1n) is 9.05. The second-order valence-electron chi connectivity index (χ2n) is 7.30. The Balaban J connectivity index is 1.44. The van der Waals surface area contributed by atoms with Gasteiger partial charge in [-0.2, -0.15) is 0 Å². The van der Waals surface area contributed by atoms with Gasteiger partial charge in [-0.1, -0.05) is 0 Å². The van der Waals surface area contributed by atoms with Crippen LogP contribution in [0.3, 0.4) is 0 Å². The summed E-state index contributed by atoms with van der Waals surface area (Å²) in [5.41, 5.74) is 2.27. The first-order chi connectivity index (χ1) is 11.7. The normalized spacial score (nSPS) is 28.2. The van der Waals surface area contributed by atoms with Crippen molar-refractivity contribution in [3.63, 3.8) is 0 Å². The summed E-state index contributed by atoms with van der Waals surface area (Å²) in [5.74, 6) is 0.577. The minimum absolute atomic E-state index is 0.214. The number of nitrogens with zero attached hydrogens (tertiary/aromatic N) is 4. The highest BCUT2D eigenvalue weighted by molar-refractivity contribution is 5.75. The van der Waals surface area contributed by atoms with Crippen molar-refractivity contribution in [3.05, 3.63) is 17.7 Å². The van der Waals surface area contributed by atoms with Crippen molar-refractivity contribution in [1.82, 2.24) is 24.7 Å². The quantitative estimate of drug-likeness (QED) is 0.879. The molecule has 0 unspecified atom stereocenters. The third-order valence-corrected chi connectivity index (χ3v) is 5.62. The molecule has 0 saturated carbocycles. The molecule has 0 spiro atoms. The number of H-pyrrole nitrogens is 1. The van der Waals surface area contributed by atoms with E-state index >= 15 is 0 Å². The summed E-state index contributed by atoms with van der Waals surface area (Å²) in [7, 11) is 0. The molecule has 2 amide bonds. The number of imidazole rings is 1. The van der Waals surface area contributed by atoms with E-state index in [9.17, 15) is 4.79 Å². The zero-order valence-electron chi connectivity index (χ0n) is 14.4. The van der Waals surface area contributed by atoms with Gasteiger partial charge in [-0.15, -0.1) is 0 Å². The Labute approximate surface area is 143 Å². The summed E-state index contributed by atoms with van der Waals surface area (Å²) < 4.78 is 5.38. The van der Waals surface area contributed by atoms with Crippen LogP contribution in [-0.2, 0) is 11.3 Å². The van der Waals surface area contributed by atoms with Gasteiger partial charge in [-0.25, -0.2) is 9.78 Å². The lowest BCUT2D eigenvalue weighted by atomic mass is 9.95. The minimum Gasteiger partial charge on any atom is -0.378 e. The molecule has 24 heavy (non-hydrogen) atoms. The van der Waals surface area contributed by atoms with Gasteiger partial charge in [-0.05, 0) is 25.7 Å². The van der Waals surface area contributed by atoms with Crippen LogP contribution in [0.2, 0.25) is 0 Å². The number of carbonyl (C=O) groups excluding carboxylic acids is 1. The number of piperidine rings is 1. The first-order valence-corrected chi connectivity index (χ1v) is 9.05. The fraction of sp³-hybridized carbons (Fsp3) is 0.765. The van der Waals surface area contributed by atoms with Crippen LogP contribution < -0.4 is 0 Å². The molecule has 2 atom stereocenters. The van der Waals surface area contributed by atoms with Crippen LogP contribution in [-0.4, -0.2) is 82.7 Å². The number of morpholine rings is 1. The summed E-state index contributed by atoms with van der Waals surface area (Å²) in [6.07, 6.45) is 4.12. The highest BCUT2D eigenvalue weighted by Crippen LogP contribution is 2.29. The zero-order valence-corrected chi connectivity index (χ0v) is 14.4. The average molecular weight is 333 g/mol. The van der Waals surface area contributed by atoms with Gasteiger partial charge in [0.05, 0.1) is 25.2 Å². The number of hydrogen-bond donors (Lipinski definition) is 1. The largest absolute Gasteiger partial charge is 0.378 e. The maximum atomic E-state index is 12.9. The van der Waals surface area contributed by atoms with Gasteiger partial charge in [0.2, 0.25) is 0 Å². The number of carbonyl (C=O) groups is 1. The number of nitrogens with one attached hydrogen (secondary N) is 1. The van der Waals surface area contributed by atoms with E-state index in [1.54, 1.807) is 6.33 Å². The maximum Gasteiger partial charge on any atom is 0.320 e. The molecule has 7 nitrogen and oxygen atoms in total. The van der Waals surface area contributed by atoms with Gasteiger partial charge >= 0.3 is 6.03 Å². The van der Waals surface area contributed by atoms with Gasteiger partial charge in [-0.3, -0.25) is 4.90 Å². The monoisotopic (exact) mass is 333 g/mol. The number of rotatable bonds is 2. The van der Waals surface area contributed by atoms with Crippen LogP contribution in [0.15, 0.2) is 6.33 Å². The fourth-order valence-corrected chi connectivity index (χ4v) is 4.24. The molecular formula is C17H27N5O2. The highest BCUT2D eigenvalue weighted by atomic mass is 16.5. The van der Waals surface area contributed by atoms with Crippen molar-refractivity contribution in [2.45, 2.75) is 32.4 Å². The first kappa shape index (κ1) is 15.9. The molecule has 7 heteroatoms. The molecule has 4 fully saturated rings. The third-order valence-electron chi connectivity index (χ3n) is 5.62. The standard InChI is InChI=1S/C17H27N5O2/c1-13-16(19-12-18-13)11-20-8-14-2-3-15(10-20)22(9-14)17(23)21-4-6-24-7-5-21/h12,14-15H,2-11H2,1H3,(H,18,19)/t14-,15+/m0/s1. The fourth-order valence-electron chi connectivity index (χ4n) is 4.24. The number of fused-ring (bicyclic) bond motifs is 4. The molecule has 1 aromatic rings. The van der Waals surface area contributed by atoms with E-state index in [0.717, 1.165) is 57.1 Å². The molecule has 5 rings (SSSR count). The molecule has 0 radical (unpaired) electrons. The van der Waals surface area contributed by atoms with E-state index < -0.39 is 0 Å². The van der Waals surface area contributed by atoms with Gasteiger partial charge in [0.15, 0.2) is 0 Å². The van der Waals surface area contributed by atoms with E-state index in [0.29, 0.717) is 25.2 Å². The Kier molecular flexibility index (Phi) is 4.45. The molecule has 0 aromatic carbocycles. The summed E-state index contributed by atoms with van der Waals surface area (Å²) in [4.78, 5) is 27.1. The van der Waals surface area contributed by atoms with E-state index in [2.05, 4.69) is 26.7 Å². The highest BCUT2D eigenvalue weighted by Gasteiger charge is 2.39. The Hall–Kier alpha value is -1.60. The van der Waals surface area contributed by atoms with Crippen molar-refractivity contribution in [1.29, 1.82) is 0 Å². The molecule has 4 aliphatic heterocycles. The van der Waals surface area contributed by atoms with Crippen molar-refractivity contribution in [2.24, 2.45) is 5.92 Å². The molecule has 1 aromatic heterocycles. The second-order valence-corrected chi connectivity index (χ2v) is 7.30. The van der Waals surface area contributed by atoms with E-state index in [1.165, 1.54) is 6.42 Å². The number of amides is 2. The van der Waals surface area contributed by atoms with E-state index in [1.807, 2.05) is 4.90 Å². The SMILES string of the molecule is Cc1[nH]cnc1CN1C[C@@H]2CC[C@H](C1)N(C(=O)N1CCOCC1)C2. The predicted octanol–water partition coefficient (Wildman–Crippen LogP) is 1.07. The Bertz CT molecular complexity index is 583. The van der Waals surface area contributed by atoms with Crippen LogP contribution in [0.1, 0.15) is 24.2 Å². The Morgan fingerprint density at radius 2 is 2.12 bits per heavy atom. The minimum atomic E-state index is 0.214. The van der Waals surface area contributed by atoms with Crippen molar-refractivity contribution >= 4 is 6.03 Å². The predicted molar refractivity (Wildman–Crippen MR) is 89.6 cm³/mol. The summed E-state index contributed by atoms with van der Waals surface area (Å²) in [6, 6.07) is 0.546. The number of urea groups is 1. The van der Waals surface area contributed by atoms with Gasteiger partial charge < -0.3 is 19.5 Å². The molecule has 4 aliphatic rings. The van der Waals surface area contributed by atoms with Crippen molar-refractivity contribution in [2.75, 3.05) is 45.9 Å². The van der Waals surface area contributed by atoms with Gasteiger partial charge in [0.25, 0.3) is 0 Å². The molecular weight excluding hydrogens is 306 g/mol. The maximum absolute atomic E-state index is 12.9. The number of ether oxygens (including phenoxy) is 1. The molecule has 4 saturated heterocycles. The summed E-state index contributed by atoms with van der Waals surface area (Å²) in [5, 5.41) is 0. The van der Waals surface area contributed by atoms with Crippen molar-refractivity contribution in [3.8, 4) is 0 Å². The van der Waals surface area contributed by atoms with Crippen molar-refractivity contribution < 1.29 is 9.53 Å². The van der Waals surface area contributed by atoms with E-state index in [-0.39, 0.29) is 6.03 Å². The summed E-state index contributed by atoms with van der Waals surface area (Å²) in [6.45, 7) is 8.65. The van der Waals surface area contributed by atoms with Gasteiger partial charge in [0.1, 0.15) is 0 Å². The zero-order chi connectivity index (χ0) is 16.5. The third kappa shape index (κ3) is 3.15. The molecule has 132 valence electrons. The Morgan fingerprint density at radius 1 is 1.29 bits per heavy atom. The number of hydrogen-bond acceptors (Lipinski definition) is 4. The average Bonchev–Trinajstić information content (AvgIpc) is 2.83. The number of aromatic amines is 1.